The number of nitrogens with zero attached hydrogens (tertiary/aromatic N) is 2. The van der Waals surface area contributed by atoms with Crippen molar-refractivity contribution in [3.05, 3.63) is 78.4 Å². The fourth-order valence-electron chi connectivity index (χ4n) is 3.30. The van der Waals surface area contributed by atoms with E-state index in [1.807, 2.05) is 31.1 Å². The molecule has 1 N–H and O–H groups in total. The van der Waals surface area contributed by atoms with Crippen molar-refractivity contribution in [3.63, 3.8) is 0 Å². The van der Waals surface area contributed by atoms with Crippen LogP contribution in [0.5, 0.6) is 17.2 Å². The number of likely N-dealkylation sites (N-methyl/N-ethyl adjacent to an activating group) is 1. The first-order valence-corrected chi connectivity index (χ1v) is 12.6. The molecule has 0 unspecified atom stereocenters. The lowest BCUT2D eigenvalue weighted by atomic mass is 10.2. The van der Waals surface area contributed by atoms with Crippen LogP contribution in [-0.2, 0) is 16.7 Å². The maximum absolute atomic E-state index is 13.1. The molecule has 0 saturated carbocycles. The van der Waals surface area contributed by atoms with Crippen LogP contribution in [0.15, 0.2) is 77.7 Å². The fraction of sp³-hybridized carbons (Fsp3) is 0.269. The molecule has 0 aliphatic carbocycles. The highest BCUT2D eigenvalue weighted by Crippen LogP contribution is 2.24. The molecule has 0 aliphatic rings. The summed E-state index contributed by atoms with van der Waals surface area (Å²) in [5, 5.41) is 2.90. The molecule has 2 amide bonds. The van der Waals surface area contributed by atoms with Gasteiger partial charge in [-0.25, -0.2) is 4.79 Å². The number of hydrogen-bond donors (Lipinski definition) is 1. The summed E-state index contributed by atoms with van der Waals surface area (Å²) in [6, 6.07) is 19.5. The zero-order valence-corrected chi connectivity index (χ0v) is 21.6. The van der Waals surface area contributed by atoms with Gasteiger partial charge in [-0.1, -0.05) is 24.3 Å². The molecule has 0 fully saturated rings. The number of para-hydroxylation sites is 2. The van der Waals surface area contributed by atoms with Crippen LogP contribution in [0.3, 0.4) is 0 Å². The maximum atomic E-state index is 13.1. The van der Waals surface area contributed by atoms with Crippen molar-refractivity contribution in [1.29, 1.82) is 0 Å². The van der Waals surface area contributed by atoms with E-state index >= 15 is 0 Å². The van der Waals surface area contributed by atoms with E-state index in [0.717, 1.165) is 5.56 Å². The molecule has 0 saturated heterocycles. The summed E-state index contributed by atoms with van der Waals surface area (Å²) < 4.78 is 40.8. The fourth-order valence-corrected chi connectivity index (χ4v) is 4.23. The van der Waals surface area contributed by atoms with Gasteiger partial charge in [0.1, 0.15) is 22.1 Å². The third-order valence-corrected chi connectivity index (χ3v) is 6.57. The molecule has 0 radical (unpaired) electrons. The first-order valence-electron chi connectivity index (χ1n) is 11.2. The minimum absolute atomic E-state index is 0.0234. The Kier molecular flexibility index (Phi) is 9.15. The second-order valence-corrected chi connectivity index (χ2v) is 9.76. The van der Waals surface area contributed by atoms with Gasteiger partial charge in [0, 0.05) is 19.6 Å². The van der Waals surface area contributed by atoms with Gasteiger partial charge in [-0.2, -0.15) is 8.42 Å². The SMILES string of the molecule is COc1ccc(S(=O)(=O)Oc2ccc(CN(CCN(C)C)C(=O)Nc3ccccc3OC)cc2)cc1. The number of benzene rings is 3. The number of carbonyl (C=O) groups excluding carboxylic acids is 1. The average Bonchev–Trinajstić information content (AvgIpc) is 2.87. The molecule has 36 heavy (non-hydrogen) atoms. The zero-order chi connectivity index (χ0) is 26.1. The van der Waals surface area contributed by atoms with Crippen molar-refractivity contribution < 1.29 is 26.9 Å². The summed E-state index contributed by atoms with van der Waals surface area (Å²) in [7, 11) is 2.93. The molecule has 0 atom stereocenters. The highest BCUT2D eigenvalue weighted by molar-refractivity contribution is 7.87. The third kappa shape index (κ3) is 7.37. The Balaban J connectivity index is 1.71. The lowest BCUT2D eigenvalue weighted by molar-refractivity contribution is 0.202. The zero-order valence-electron chi connectivity index (χ0n) is 20.8. The monoisotopic (exact) mass is 513 g/mol. The normalized spacial score (nSPS) is 11.1. The number of rotatable bonds is 11. The summed E-state index contributed by atoms with van der Waals surface area (Å²) in [5.41, 5.74) is 1.39. The highest BCUT2D eigenvalue weighted by Gasteiger charge is 2.18. The van der Waals surface area contributed by atoms with Crippen LogP contribution in [0.25, 0.3) is 0 Å². The predicted octanol–water partition coefficient (Wildman–Crippen LogP) is 4.07. The Morgan fingerprint density at radius 2 is 1.47 bits per heavy atom. The minimum atomic E-state index is -3.99. The Morgan fingerprint density at radius 3 is 2.08 bits per heavy atom. The van der Waals surface area contributed by atoms with Crippen LogP contribution in [0.2, 0.25) is 0 Å². The van der Waals surface area contributed by atoms with Crippen molar-refractivity contribution in [3.8, 4) is 17.2 Å². The van der Waals surface area contributed by atoms with Gasteiger partial charge in [0.25, 0.3) is 0 Å². The Bertz CT molecular complexity index is 1250. The number of ether oxygens (including phenoxy) is 2. The molecule has 3 aromatic rings. The third-order valence-electron chi connectivity index (χ3n) is 5.30. The summed E-state index contributed by atoms with van der Waals surface area (Å²) in [6.07, 6.45) is 0. The molecule has 0 bridgehead atoms. The number of urea groups is 1. The molecule has 192 valence electrons. The van der Waals surface area contributed by atoms with Crippen molar-refractivity contribution in [2.45, 2.75) is 11.4 Å². The second-order valence-electron chi connectivity index (χ2n) is 8.21. The van der Waals surface area contributed by atoms with Gasteiger partial charge in [-0.15, -0.1) is 0 Å². The van der Waals surface area contributed by atoms with Crippen molar-refractivity contribution in [2.24, 2.45) is 0 Å². The van der Waals surface area contributed by atoms with Gasteiger partial charge in [-0.05, 0) is 68.2 Å². The van der Waals surface area contributed by atoms with Gasteiger partial charge < -0.3 is 28.8 Å². The lowest BCUT2D eigenvalue weighted by Gasteiger charge is -2.25. The molecule has 0 aliphatic heterocycles. The largest absolute Gasteiger partial charge is 0.497 e. The van der Waals surface area contributed by atoms with E-state index in [9.17, 15) is 13.2 Å². The van der Waals surface area contributed by atoms with E-state index in [1.54, 1.807) is 60.5 Å². The molecular weight excluding hydrogens is 482 g/mol. The van der Waals surface area contributed by atoms with Crippen LogP contribution in [0.1, 0.15) is 5.56 Å². The molecule has 10 heteroatoms. The molecular formula is C26H31N3O6S. The Hall–Kier alpha value is -3.76. The topological polar surface area (TPSA) is 97.4 Å². The molecule has 9 nitrogen and oxygen atoms in total. The number of hydrogen-bond acceptors (Lipinski definition) is 7. The molecule has 0 spiro atoms. The Morgan fingerprint density at radius 1 is 0.833 bits per heavy atom. The summed E-state index contributed by atoms with van der Waals surface area (Å²) in [4.78, 5) is 16.8. The van der Waals surface area contributed by atoms with E-state index in [-0.39, 0.29) is 16.7 Å². The smallest absolute Gasteiger partial charge is 0.339 e. The van der Waals surface area contributed by atoms with Gasteiger partial charge in [0.2, 0.25) is 0 Å². The van der Waals surface area contributed by atoms with E-state index in [1.165, 1.54) is 19.2 Å². The highest BCUT2D eigenvalue weighted by atomic mass is 32.2. The molecule has 3 aromatic carbocycles. The number of amides is 2. The van der Waals surface area contributed by atoms with Crippen molar-refractivity contribution in [2.75, 3.05) is 46.7 Å². The number of carbonyl (C=O) groups is 1. The summed E-state index contributed by atoms with van der Waals surface area (Å²) in [6.45, 7) is 1.47. The van der Waals surface area contributed by atoms with Gasteiger partial charge in [0.15, 0.2) is 0 Å². The summed E-state index contributed by atoms with van der Waals surface area (Å²) in [5.74, 6) is 1.29. The van der Waals surface area contributed by atoms with E-state index < -0.39 is 10.1 Å². The van der Waals surface area contributed by atoms with Crippen LogP contribution in [0.4, 0.5) is 10.5 Å². The van der Waals surface area contributed by atoms with Gasteiger partial charge in [-0.3, -0.25) is 0 Å². The Labute approximate surface area is 212 Å². The number of methoxy groups -OCH3 is 2. The number of nitrogens with one attached hydrogen (secondary N) is 1. The first kappa shape index (κ1) is 26.8. The molecule has 0 heterocycles. The maximum Gasteiger partial charge on any atom is 0.339 e. The first-order chi connectivity index (χ1) is 17.2. The van der Waals surface area contributed by atoms with Crippen molar-refractivity contribution >= 4 is 21.8 Å². The minimum Gasteiger partial charge on any atom is -0.497 e. The quantitative estimate of drug-likeness (QED) is 0.386. The molecule has 0 aromatic heterocycles. The van der Waals surface area contributed by atoms with E-state index in [0.29, 0.717) is 36.8 Å². The van der Waals surface area contributed by atoms with Crippen LogP contribution < -0.4 is 19.0 Å². The van der Waals surface area contributed by atoms with E-state index in [4.69, 9.17) is 13.7 Å². The van der Waals surface area contributed by atoms with Gasteiger partial charge in [0.05, 0.1) is 19.9 Å². The van der Waals surface area contributed by atoms with Gasteiger partial charge >= 0.3 is 16.1 Å². The lowest BCUT2D eigenvalue weighted by Crippen LogP contribution is -2.39. The predicted molar refractivity (Wildman–Crippen MR) is 138 cm³/mol. The van der Waals surface area contributed by atoms with E-state index in [2.05, 4.69) is 5.32 Å². The average molecular weight is 514 g/mol. The van der Waals surface area contributed by atoms with Crippen LogP contribution >= 0.6 is 0 Å². The van der Waals surface area contributed by atoms with Crippen LogP contribution in [-0.4, -0.2) is 65.7 Å². The second kappa shape index (κ2) is 12.3. The van der Waals surface area contributed by atoms with Crippen LogP contribution in [0, 0.1) is 0 Å². The van der Waals surface area contributed by atoms with Crippen molar-refractivity contribution in [1.82, 2.24) is 9.80 Å². The standard InChI is InChI=1S/C26H31N3O6S/c1-28(2)17-18-29(26(30)27-24-7-5-6-8-25(24)34-4)19-20-9-11-22(12-10-20)35-36(31,32)23-15-13-21(33-3)14-16-23/h5-16H,17-19H2,1-4H3,(H,27,30). The molecule has 3 rings (SSSR count). The summed E-state index contributed by atoms with van der Waals surface area (Å²) >= 11 is 0. The number of anilines is 1.